The topological polar surface area (TPSA) is 80.7 Å². The van der Waals surface area contributed by atoms with Crippen LogP contribution in [0.25, 0.3) is 10.8 Å². The molecule has 5 nitrogen and oxygen atoms in total. The summed E-state index contributed by atoms with van der Waals surface area (Å²) in [5.41, 5.74) is 0.0252. The molecule has 2 rings (SSSR count). The van der Waals surface area contributed by atoms with Gasteiger partial charge in [-0.05, 0) is 22.9 Å². The number of carboxylic acids is 1. The first-order chi connectivity index (χ1) is 9.37. The number of hydrogen-bond donors (Lipinski definition) is 1. The fourth-order valence-electron chi connectivity index (χ4n) is 1.81. The van der Waals surface area contributed by atoms with Crippen molar-refractivity contribution in [2.75, 3.05) is 18.6 Å². The zero-order valence-corrected chi connectivity index (χ0v) is 11.7. The van der Waals surface area contributed by atoms with Crippen LogP contribution >= 0.6 is 0 Å². The van der Waals surface area contributed by atoms with Gasteiger partial charge in [-0.1, -0.05) is 24.3 Å². The van der Waals surface area contributed by atoms with Crippen molar-refractivity contribution in [2.24, 2.45) is 0 Å². The number of carboxylic acid groups (broad SMARTS) is 1. The van der Waals surface area contributed by atoms with Gasteiger partial charge in [0.15, 0.2) is 9.84 Å². The van der Waals surface area contributed by atoms with Crippen molar-refractivity contribution in [3.8, 4) is 5.75 Å². The van der Waals surface area contributed by atoms with E-state index >= 15 is 0 Å². The molecular formula is C14H14O5S. The third-order valence-electron chi connectivity index (χ3n) is 2.79. The van der Waals surface area contributed by atoms with E-state index in [9.17, 15) is 18.3 Å². The highest BCUT2D eigenvalue weighted by atomic mass is 32.2. The molecule has 0 fully saturated rings. The molecule has 0 saturated carbocycles. The Kier molecular flexibility index (Phi) is 3.94. The van der Waals surface area contributed by atoms with E-state index in [2.05, 4.69) is 0 Å². The zero-order chi connectivity index (χ0) is 14.8. The maximum absolute atomic E-state index is 11.2. The molecular weight excluding hydrogens is 280 g/mol. The summed E-state index contributed by atoms with van der Waals surface area (Å²) >= 11 is 0. The van der Waals surface area contributed by atoms with Gasteiger partial charge in [-0.3, -0.25) is 0 Å². The van der Waals surface area contributed by atoms with Crippen molar-refractivity contribution < 1.29 is 23.1 Å². The van der Waals surface area contributed by atoms with Gasteiger partial charge in [0.2, 0.25) is 0 Å². The lowest BCUT2D eigenvalue weighted by molar-refractivity contribution is 0.0693. The molecule has 0 aliphatic heterocycles. The number of aromatic carboxylic acids is 1. The van der Waals surface area contributed by atoms with Crippen molar-refractivity contribution in [2.45, 2.75) is 0 Å². The average Bonchev–Trinajstić information content (AvgIpc) is 2.36. The lowest BCUT2D eigenvalue weighted by Crippen LogP contribution is -2.13. The number of fused-ring (bicyclic) bond motifs is 1. The Hall–Kier alpha value is -2.08. The van der Waals surface area contributed by atoms with Crippen LogP contribution in [0.4, 0.5) is 0 Å². The lowest BCUT2D eigenvalue weighted by Gasteiger charge is -2.10. The molecule has 2 aromatic carbocycles. The van der Waals surface area contributed by atoms with Crippen LogP contribution in [0.2, 0.25) is 0 Å². The van der Waals surface area contributed by atoms with Crippen molar-refractivity contribution in [3.63, 3.8) is 0 Å². The normalized spacial score (nSPS) is 11.4. The van der Waals surface area contributed by atoms with Gasteiger partial charge in [0.05, 0.1) is 5.75 Å². The molecule has 20 heavy (non-hydrogen) atoms. The van der Waals surface area contributed by atoms with Crippen LogP contribution < -0.4 is 4.74 Å². The molecule has 1 N–H and O–H groups in total. The summed E-state index contributed by atoms with van der Waals surface area (Å²) in [5.74, 6) is -1.08. The average molecular weight is 294 g/mol. The molecule has 0 spiro atoms. The van der Waals surface area contributed by atoms with Crippen LogP contribution in [0.3, 0.4) is 0 Å². The van der Waals surface area contributed by atoms with Crippen LogP contribution in [-0.4, -0.2) is 38.1 Å². The minimum absolute atomic E-state index is 0.0252. The van der Waals surface area contributed by atoms with Crippen LogP contribution in [0, 0.1) is 0 Å². The monoisotopic (exact) mass is 294 g/mol. The van der Waals surface area contributed by atoms with E-state index in [-0.39, 0.29) is 23.7 Å². The third kappa shape index (κ3) is 3.48. The second kappa shape index (κ2) is 5.50. The maximum atomic E-state index is 11.2. The maximum Gasteiger partial charge on any atom is 0.339 e. The van der Waals surface area contributed by atoms with E-state index in [0.717, 1.165) is 17.0 Å². The molecule has 0 aromatic heterocycles. The number of hydrogen-bond acceptors (Lipinski definition) is 4. The lowest BCUT2D eigenvalue weighted by atomic mass is 10.1. The van der Waals surface area contributed by atoms with Crippen LogP contribution in [-0.2, 0) is 9.84 Å². The van der Waals surface area contributed by atoms with Gasteiger partial charge in [-0.15, -0.1) is 0 Å². The number of carbonyl (C=O) groups is 1. The standard InChI is InChI=1S/C14H14O5S/c1-20(17,18)7-6-19-13-9-11-5-3-2-4-10(11)8-12(13)14(15)16/h2-5,8-9H,6-7H2,1H3,(H,15,16). The molecule has 106 valence electrons. The Morgan fingerprint density at radius 2 is 1.80 bits per heavy atom. The van der Waals surface area contributed by atoms with Gasteiger partial charge in [-0.25, -0.2) is 13.2 Å². The number of benzene rings is 2. The van der Waals surface area contributed by atoms with Crippen LogP contribution in [0.5, 0.6) is 5.75 Å². The van der Waals surface area contributed by atoms with Crippen molar-refractivity contribution in [3.05, 3.63) is 42.0 Å². The van der Waals surface area contributed by atoms with E-state index in [1.165, 1.54) is 6.07 Å². The number of sulfone groups is 1. The zero-order valence-electron chi connectivity index (χ0n) is 10.9. The third-order valence-corrected chi connectivity index (χ3v) is 3.70. The van der Waals surface area contributed by atoms with Gasteiger partial charge in [0.1, 0.15) is 17.9 Å². The smallest absolute Gasteiger partial charge is 0.339 e. The second-order valence-corrected chi connectivity index (χ2v) is 6.74. The summed E-state index contributed by atoms with van der Waals surface area (Å²) < 4.78 is 27.4. The van der Waals surface area contributed by atoms with Crippen LogP contribution in [0.15, 0.2) is 36.4 Å². The van der Waals surface area contributed by atoms with Crippen LogP contribution in [0.1, 0.15) is 10.4 Å². The predicted octanol–water partition coefficient (Wildman–Crippen LogP) is 1.96. The Morgan fingerprint density at radius 3 is 2.35 bits per heavy atom. The first-order valence-electron chi connectivity index (χ1n) is 5.93. The summed E-state index contributed by atoms with van der Waals surface area (Å²) in [4.78, 5) is 11.2. The van der Waals surface area contributed by atoms with Gasteiger partial charge < -0.3 is 9.84 Å². The van der Waals surface area contributed by atoms with E-state index in [1.54, 1.807) is 6.07 Å². The predicted molar refractivity (Wildman–Crippen MR) is 76.1 cm³/mol. The summed E-state index contributed by atoms with van der Waals surface area (Å²) in [6.45, 7) is -0.0720. The minimum atomic E-state index is -3.14. The Labute approximate surface area is 116 Å². The summed E-state index contributed by atoms with van der Waals surface area (Å²) in [6, 6.07) is 10.4. The largest absolute Gasteiger partial charge is 0.492 e. The SMILES string of the molecule is CS(=O)(=O)CCOc1cc2ccccc2cc1C(=O)O. The molecule has 0 heterocycles. The van der Waals surface area contributed by atoms with E-state index < -0.39 is 15.8 Å². The number of ether oxygens (including phenoxy) is 1. The Balaban J connectivity index is 2.34. The van der Waals surface area contributed by atoms with Crippen molar-refractivity contribution >= 4 is 26.6 Å². The molecule has 2 aromatic rings. The quantitative estimate of drug-likeness (QED) is 0.911. The van der Waals surface area contributed by atoms with Gasteiger partial charge in [0.25, 0.3) is 0 Å². The molecule has 0 atom stereocenters. The highest BCUT2D eigenvalue weighted by Gasteiger charge is 2.13. The first kappa shape index (κ1) is 14.3. The van der Waals surface area contributed by atoms with Gasteiger partial charge in [-0.2, -0.15) is 0 Å². The highest BCUT2D eigenvalue weighted by molar-refractivity contribution is 7.90. The second-order valence-electron chi connectivity index (χ2n) is 4.48. The molecule has 0 bridgehead atoms. The molecule has 0 saturated heterocycles. The Morgan fingerprint density at radius 1 is 1.20 bits per heavy atom. The summed E-state index contributed by atoms with van der Waals surface area (Å²) in [7, 11) is -3.14. The highest BCUT2D eigenvalue weighted by Crippen LogP contribution is 2.26. The molecule has 0 aliphatic rings. The van der Waals surface area contributed by atoms with E-state index in [0.29, 0.717) is 0 Å². The van der Waals surface area contributed by atoms with Crippen molar-refractivity contribution in [1.82, 2.24) is 0 Å². The molecule has 0 unspecified atom stereocenters. The molecule has 0 aliphatic carbocycles. The van der Waals surface area contributed by atoms with Gasteiger partial charge >= 0.3 is 5.97 Å². The van der Waals surface area contributed by atoms with Crippen molar-refractivity contribution in [1.29, 1.82) is 0 Å². The Bertz CT molecular complexity index is 749. The van der Waals surface area contributed by atoms with Gasteiger partial charge in [0, 0.05) is 6.26 Å². The first-order valence-corrected chi connectivity index (χ1v) is 7.99. The molecule has 0 amide bonds. The minimum Gasteiger partial charge on any atom is -0.492 e. The van der Waals surface area contributed by atoms with E-state index in [1.807, 2.05) is 24.3 Å². The molecule has 6 heteroatoms. The summed E-state index contributed by atoms with van der Waals surface area (Å²) in [6.07, 6.45) is 1.11. The summed E-state index contributed by atoms with van der Waals surface area (Å²) in [5, 5.41) is 10.8. The fourth-order valence-corrected chi connectivity index (χ4v) is 2.20. The number of rotatable bonds is 5. The fraction of sp³-hybridized carbons (Fsp3) is 0.214. The molecule has 0 radical (unpaired) electrons. The van der Waals surface area contributed by atoms with E-state index in [4.69, 9.17) is 4.74 Å².